The minimum Gasteiger partial charge on any atom is -0.489 e. The van der Waals surface area contributed by atoms with Crippen LogP contribution in [0, 0.1) is 6.92 Å². The van der Waals surface area contributed by atoms with Crippen molar-refractivity contribution in [1.82, 2.24) is 0 Å². The van der Waals surface area contributed by atoms with Gasteiger partial charge in [0, 0.05) is 12.8 Å². The molecule has 1 aliphatic heterocycles. The third kappa shape index (κ3) is 1.57. The Labute approximate surface area is 77.5 Å². The number of hydrogen-bond donors (Lipinski definition) is 0. The van der Waals surface area contributed by atoms with Gasteiger partial charge in [0.25, 0.3) is 0 Å². The van der Waals surface area contributed by atoms with Gasteiger partial charge in [-0.1, -0.05) is 17.7 Å². The Balaban J connectivity index is 2.20. The zero-order valence-electron chi connectivity index (χ0n) is 7.62. The zero-order chi connectivity index (χ0) is 9.26. The van der Waals surface area contributed by atoms with Crippen molar-refractivity contribution in [2.75, 3.05) is 0 Å². The molecule has 1 atom stereocenters. The van der Waals surface area contributed by atoms with Gasteiger partial charge in [-0.15, -0.1) is 0 Å². The van der Waals surface area contributed by atoms with Crippen molar-refractivity contribution in [2.24, 2.45) is 0 Å². The number of carbonyl (C=O) groups excluding carboxylic acids is 1. The maximum absolute atomic E-state index is 10.3. The highest BCUT2D eigenvalue weighted by molar-refractivity contribution is 5.52. The number of carbonyl (C=O) groups is 1. The van der Waals surface area contributed by atoms with Gasteiger partial charge in [0.05, 0.1) is 0 Å². The van der Waals surface area contributed by atoms with E-state index in [1.54, 1.807) is 0 Å². The first-order valence-electron chi connectivity index (χ1n) is 4.49. The van der Waals surface area contributed by atoms with Crippen LogP contribution < -0.4 is 4.74 Å². The Morgan fingerprint density at radius 1 is 1.62 bits per heavy atom. The first-order valence-corrected chi connectivity index (χ1v) is 4.49. The number of rotatable bonds is 2. The standard InChI is InChI=1S/C11H12O2/c1-8-2-3-11-9(6-8)7-10(13-11)4-5-12/h2-3,5-6,10H,4,7H2,1H3. The monoisotopic (exact) mass is 176 g/mol. The van der Waals surface area contributed by atoms with E-state index >= 15 is 0 Å². The van der Waals surface area contributed by atoms with Crippen LogP contribution in [0.5, 0.6) is 5.75 Å². The summed E-state index contributed by atoms with van der Waals surface area (Å²) < 4.78 is 5.57. The van der Waals surface area contributed by atoms with Gasteiger partial charge in [-0.25, -0.2) is 0 Å². The zero-order valence-corrected chi connectivity index (χ0v) is 7.62. The fourth-order valence-corrected chi connectivity index (χ4v) is 1.69. The molecule has 0 N–H and O–H groups in total. The normalized spacial score (nSPS) is 19.3. The molecule has 1 unspecified atom stereocenters. The fraction of sp³-hybridized carbons (Fsp3) is 0.364. The predicted molar refractivity (Wildman–Crippen MR) is 50.0 cm³/mol. The van der Waals surface area contributed by atoms with Gasteiger partial charge < -0.3 is 9.53 Å². The molecule has 0 bridgehead atoms. The average Bonchev–Trinajstić information content (AvgIpc) is 2.46. The van der Waals surface area contributed by atoms with E-state index in [1.807, 2.05) is 12.1 Å². The number of ether oxygens (including phenoxy) is 1. The van der Waals surface area contributed by atoms with Crippen LogP contribution in [0.4, 0.5) is 0 Å². The lowest BCUT2D eigenvalue weighted by Gasteiger charge is -2.04. The lowest BCUT2D eigenvalue weighted by atomic mass is 10.1. The molecule has 0 spiro atoms. The summed E-state index contributed by atoms with van der Waals surface area (Å²) in [5.41, 5.74) is 2.47. The number of benzene rings is 1. The van der Waals surface area contributed by atoms with Crippen LogP contribution in [-0.2, 0) is 11.2 Å². The Bertz CT molecular complexity index is 331. The summed E-state index contributed by atoms with van der Waals surface area (Å²) in [5.74, 6) is 0.942. The van der Waals surface area contributed by atoms with Crippen molar-refractivity contribution in [3.05, 3.63) is 29.3 Å². The highest BCUT2D eigenvalue weighted by Crippen LogP contribution is 2.30. The van der Waals surface area contributed by atoms with Crippen LogP contribution in [0.1, 0.15) is 17.5 Å². The molecule has 0 aromatic heterocycles. The second kappa shape index (κ2) is 3.21. The quantitative estimate of drug-likeness (QED) is 0.643. The molecular formula is C11H12O2. The van der Waals surface area contributed by atoms with Crippen LogP contribution in [0.15, 0.2) is 18.2 Å². The summed E-state index contributed by atoms with van der Waals surface area (Å²) in [5, 5.41) is 0. The van der Waals surface area contributed by atoms with Crippen LogP contribution in [0.2, 0.25) is 0 Å². The summed E-state index contributed by atoms with van der Waals surface area (Å²) in [6.45, 7) is 2.06. The SMILES string of the molecule is Cc1ccc2c(c1)CC(CC=O)O2. The molecule has 0 saturated heterocycles. The van der Waals surface area contributed by atoms with E-state index in [0.717, 1.165) is 18.5 Å². The van der Waals surface area contributed by atoms with E-state index in [1.165, 1.54) is 11.1 Å². The molecule has 0 aliphatic carbocycles. The van der Waals surface area contributed by atoms with Crippen molar-refractivity contribution in [2.45, 2.75) is 25.9 Å². The molecule has 68 valence electrons. The smallest absolute Gasteiger partial charge is 0.123 e. The molecule has 1 heterocycles. The number of hydrogen-bond acceptors (Lipinski definition) is 2. The van der Waals surface area contributed by atoms with Gasteiger partial charge in [0.15, 0.2) is 0 Å². The Hall–Kier alpha value is -1.31. The van der Waals surface area contributed by atoms with Crippen LogP contribution in [-0.4, -0.2) is 12.4 Å². The van der Waals surface area contributed by atoms with Gasteiger partial charge in [-0.2, -0.15) is 0 Å². The molecule has 1 aromatic rings. The maximum Gasteiger partial charge on any atom is 0.123 e. The van der Waals surface area contributed by atoms with E-state index in [0.29, 0.717) is 6.42 Å². The predicted octanol–water partition coefficient (Wildman–Crippen LogP) is 1.89. The van der Waals surface area contributed by atoms with Crippen molar-refractivity contribution in [3.63, 3.8) is 0 Å². The van der Waals surface area contributed by atoms with Gasteiger partial charge in [0.1, 0.15) is 18.1 Å². The van der Waals surface area contributed by atoms with Crippen molar-refractivity contribution >= 4 is 6.29 Å². The first kappa shape index (κ1) is 8.30. The Morgan fingerprint density at radius 3 is 3.23 bits per heavy atom. The molecule has 2 heteroatoms. The van der Waals surface area contributed by atoms with Crippen LogP contribution in [0.25, 0.3) is 0 Å². The topological polar surface area (TPSA) is 26.3 Å². The molecular weight excluding hydrogens is 164 g/mol. The van der Waals surface area contributed by atoms with Crippen LogP contribution in [0.3, 0.4) is 0 Å². The van der Waals surface area contributed by atoms with E-state index in [9.17, 15) is 4.79 Å². The molecule has 1 aliphatic rings. The van der Waals surface area contributed by atoms with Gasteiger partial charge >= 0.3 is 0 Å². The average molecular weight is 176 g/mol. The molecule has 1 aromatic carbocycles. The highest BCUT2D eigenvalue weighted by Gasteiger charge is 2.21. The summed E-state index contributed by atoms with van der Waals surface area (Å²) >= 11 is 0. The summed E-state index contributed by atoms with van der Waals surface area (Å²) in [6, 6.07) is 6.14. The minimum absolute atomic E-state index is 0.0642. The van der Waals surface area contributed by atoms with E-state index in [4.69, 9.17) is 4.74 Å². The summed E-state index contributed by atoms with van der Waals surface area (Å²) in [4.78, 5) is 10.3. The molecule has 13 heavy (non-hydrogen) atoms. The summed E-state index contributed by atoms with van der Waals surface area (Å²) in [7, 11) is 0. The lowest BCUT2D eigenvalue weighted by Crippen LogP contribution is -2.12. The molecule has 2 nitrogen and oxygen atoms in total. The van der Waals surface area contributed by atoms with E-state index < -0.39 is 0 Å². The third-order valence-electron chi connectivity index (χ3n) is 2.32. The number of aryl methyl sites for hydroxylation is 1. The summed E-state index contributed by atoms with van der Waals surface area (Å²) in [6.07, 6.45) is 2.35. The first-order chi connectivity index (χ1) is 6.29. The molecule has 0 amide bonds. The van der Waals surface area contributed by atoms with Crippen molar-refractivity contribution in [3.8, 4) is 5.75 Å². The number of aldehydes is 1. The lowest BCUT2D eigenvalue weighted by molar-refractivity contribution is -0.109. The second-order valence-electron chi connectivity index (χ2n) is 3.46. The molecule has 0 fully saturated rings. The Kier molecular flexibility index (Phi) is 2.05. The minimum atomic E-state index is 0.0642. The maximum atomic E-state index is 10.3. The fourth-order valence-electron chi connectivity index (χ4n) is 1.69. The molecule has 2 rings (SSSR count). The van der Waals surface area contributed by atoms with E-state index in [-0.39, 0.29) is 6.10 Å². The van der Waals surface area contributed by atoms with Gasteiger partial charge in [-0.3, -0.25) is 0 Å². The highest BCUT2D eigenvalue weighted by atomic mass is 16.5. The number of fused-ring (bicyclic) bond motifs is 1. The van der Waals surface area contributed by atoms with Crippen LogP contribution >= 0.6 is 0 Å². The molecule has 0 radical (unpaired) electrons. The third-order valence-corrected chi connectivity index (χ3v) is 2.32. The second-order valence-corrected chi connectivity index (χ2v) is 3.46. The van der Waals surface area contributed by atoms with Crippen molar-refractivity contribution < 1.29 is 9.53 Å². The largest absolute Gasteiger partial charge is 0.489 e. The molecule has 0 saturated carbocycles. The van der Waals surface area contributed by atoms with Crippen molar-refractivity contribution in [1.29, 1.82) is 0 Å². The van der Waals surface area contributed by atoms with Gasteiger partial charge in [0.2, 0.25) is 0 Å². The Morgan fingerprint density at radius 2 is 2.46 bits per heavy atom. The van der Waals surface area contributed by atoms with Gasteiger partial charge in [-0.05, 0) is 18.6 Å². The van der Waals surface area contributed by atoms with E-state index in [2.05, 4.69) is 13.0 Å².